The quantitative estimate of drug-likeness (QED) is 0.841. The van der Waals surface area contributed by atoms with Crippen LogP contribution in [-0.4, -0.2) is 41.6 Å². The molecule has 0 bridgehead atoms. The molecular formula is C14H19Br2N3O. The predicted molar refractivity (Wildman–Crippen MR) is 86.2 cm³/mol. The van der Waals surface area contributed by atoms with Gasteiger partial charge in [-0.25, -0.2) is 0 Å². The first kappa shape index (κ1) is 14.8. The summed E-state index contributed by atoms with van der Waals surface area (Å²) in [5.74, 6) is 0.202. The molecule has 0 aliphatic carbocycles. The largest absolute Gasteiger partial charge is 0.312 e. The van der Waals surface area contributed by atoms with Crippen LogP contribution < -0.4 is 5.32 Å². The SMILES string of the molecule is O=C(CCN1CCCC1)n1c(Br)c(Br)c2c1CCNC2. The van der Waals surface area contributed by atoms with Crippen molar-refractivity contribution in [2.24, 2.45) is 0 Å². The summed E-state index contributed by atoms with van der Waals surface area (Å²) in [6.07, 6.45) is 4.05. The molecule has 0 saturated carbocycles. The zero-order valence-corrected chi connectivity index (χ0v) is 14.6. The molecule has 2 aliphatic rings. The van der Waals surface area contributed by atoms with E-state index >= 15 is 0 Å². The summed E-state index contributed by atoms with van der Waals surface area (Å²) in [5, 5.41) is 3.35. The number of nitrogens with zero attached hydrogens (tertiary/aromatic N) is 2. The van der Waals surface area contributed by atoms with Gasteiger partial charge in [-0.05, 0) is 57.8 Å². The minimum Gasteiger partial charge on any atom is -0.312 e. The number of carbonyl (C=O) groups excluding carboxylic acids is 1. The van der Waals surface area contributed by atoms with E-state index in [0.717, 1.165) is 53.9 Å². The first-order valence-corrected chi connectivity index (χ1v) is 8.81. The Bertz CT molecular complexity index is 521. The third kappa shape index (κ3) is 2.75. The Morgan fingerprint density at radius 1 is 1.25 bits per heavy atom. The number of likely N-dealkylation sites (tertiary alicyclic amines) is 1. The van der Waals surface area contributed by atoms with E-state index in [2.05, 4.69) is 42.1 Å². The van der Waals surface area contributed by atoms with Crippen molar-refractivity contribution in [1.29, 1.82) is 0 Å². The maximum absolute atomic E-state index is 12.6. The lowest BCUT2D eigenvalue weighted by molar-refractivity contribution is 0.0882. The molecule has 1 N–H and O–H groups in total. The summed E-state index contributed by atoms with van der Waals surface area (Å²) < 4.78 is 3.77. The third-order valence-electron chi connectivity index (χ3n) is 4.19. The smallest absolute Gasteiger partial charge is 0.233 e. The Balaban J connectivity index is 1.76. The Labute approximate surface area is 136 Å². The Kier molecular flexibility index (Phi) is 4.65. The van der Waals surface area contributed by atoms with Gasteiger partial charge in [0.25, 0.3) is 0 Å². The fraction of sp³-hybridized carbons (Fsp3) is 0.643. The van der Waals surface area contributed by atoms with E-state index in [9.17, 15) is 4.79 Å². The molecule has 1 aromatic rings. The van der Waals surface area contributed by atoms with Crippen LogP contribution in [0.3, 0.4) is 0 Å². The summed E-state index contributed by atoms with van der Waals surface area (Å²) in [5.41, 5.74) is 2.38. The maximum atomic E-state index is 12.6. The highest BCUT2D eigenvalue weighted by Gasteiger charge is 2.25. The Morgan fingerprint density at radius 3 is 2.75 bits per heavy atom. The lowest BCUT2D eigenvalue weighted by Gasteiger charge is -2.18. The average molecular weight is 405 g/mol. The topological polar surface area (TPSA) is 37.3 Å². The van der Waals surface area contributed by atoms with Crippen molar-refractivity contribution in [2.75, 3.05) is 26.2 Å². The van der Waals surface area contributed by atoms with E-state index in [-0.39, 0.29) is 5.91 Å². The van der Waals surface area contributed by atoms with Gasteiger partial charge in [0.05, 0.1) is 4.47 Å². The van der Waals surface area contributed by atoms with Crippen molar-refractivity contribution in [3.63, 3.8) is 0 Å². The second-order valence-corrected chi connectivity index (χ2v) is 7.03. The summed E-state index contributed by atoms with van der Waals surface area (Å²) in [6.45, 7) is 4.95. The fourth-order valence-electron chi connectivity index (χ4n) is 3.10. The molecule has 0 amide bonds. The number of nitrogens with one attached hydrogen (secondary N) is 1. The lowest BCUT2D eigenvalue weighted by atomic mass is 10.1. The zero-order chi connectivity index (χ0) is 14.1. The van der Waals surface area contributed by atoms with Crippen LogP contribution in [-0.2, 0) is 13.0 Å². The zero-order valence-electron chi connectivity index (χ0n) is 11.4. The van der Waals surface area contributed by atoms with Crippen LogP contribution in [0.4, 0.5) is 0 Å². The molecule has 0 atom stereocenters. The Hall–Kier alpha value is -0.170. The molecule has 4 nitrogen and oxygen atoms in total. The monoisotopic (exact) mass is 403 g/mol. The molecule has 3 heterocycles. The second kappa shape index (κ2) is 6.30. The summed E-state index contributed by atoms with van der Waals surface area (Å²) >= 11 is 7.17. The first-order chi connectivity index (χ1) is 9.68. The van der Waals surface area contributed by atoms with Crippen molar-refractivity contribution < 1.29 is 4.79 Å². The van der Waals surface area contributed by atoms with Crippen molar-refractivity contribution in [3.8, 4) is 0 Å². The van der Waals surface area contributed by atoms with Gasteiger partial charge in [0.1, 0.15) is 4.60 Å². The van der Waals surface area contributed by atoms with Gasteiger partial charge in [-0.2, -0.15) is 0 Å². The van der Waals surface area contributed by atoms with E-state index < -0.39 is 0 Å². The lowest BCUT2D eigenvalue weighted by Crippen LogP contribution is -2.28. The van der Waals surface area contributed by atoms with E-state index in [0.29, 0.717) is 6.42 Å². The van der Waals surface area contributed by atoms with Crippen molar-refractivity contribution in [1.82, 2.24) is 14.8 Å². The van der Waals surface area contributed by atoms with Crippen LogP contribution in [0.5, 0.6) is 0 Å². The predicted octanol–water partition coefficient (Wildman–Crippen LogP) is 2.78. The van der Waals surface area contributed by atoms with Crippen LogP contribution in [0.25, 0.3) is 0 Å². The molecule has 0 radical (unpaired) electrons. The molecule has 3 rings (SSSR count). The van der Waals surface area contributed by atoms with Crippen LogP contribution in [0.15, 0.2) is 9.08 Å². The van der Waals surface area contributed by atoms with Gasteiger partial charge in [-0.15, -0.1) is 0 Å². The van der Waals surface area contributed by atoms with Gasteiger partial charge in [0.2, 0.25) is 5.91 Å². The summed E-state index contributed by atoms with van der Waals surface area (Å²) in [6, 6.07) is 0. The van der Waals surface area contributed by atoms with Gasteiger partial charge < -0.3 is 10.2 Å². The normalized spacial score (nSPS) is 19.3. The molecule has 2 aliphatic heterocycles. The summed E-state index contributed by atoms with van der Waals surface area (Å²) in [7, 11) is 0. The van der Waals surface area contributed by atoms with Crippen LogP contribution in [0.2, 0.25) is 0 Å². The second-order valence-electron chi connectivity index (χ2n) is 5.48. The van der Waals surface area contributed by atoms with Gasteiger partial charge in [0.15, 0.2) is 0 Å². The maximum Gasteiger partial charge on any atom is 0.233 e. The number of aromatic nitrogens is 1. The number of hydrogen-bond acceptors (Lipinski definition) is 3. The molecule has 0 aromatic carbocycles. The van der Waals surface area contributed by atoms with E-state index in [1.165, 1.54) is 18.4 Å². The van der Waals surface area contributed by atoms with Gasteiger partial charge in [-0.1, -0.05) is 0 Å². The van der Waals surface area contributed by atoms with E-state index in [4.69, 9.17) is 0 Å². The average Bonchev–Trinajstić information content (AvgIpc) is 3.05. The number of carbonyl (C=O) groups is 1. The highest BCUT2D eigenvalue weighted by molar-refractivity contribution is 9.13. The van der Waals surface area contributed by atoms with Gasteiger partial charge >= 0.3 is 0 Å². The van der Waals surface area contributed by atoms with Crippen LogP contribution >= 0.6 is 31.9 Å². The highest BCUT2D eigenvalue weighted by atomic mass is 79.9. The van der Waals surface area contributed by atoms with E-state index in [1.54, 1.807) is 0 Å². The number of hydrogen-bond donors (Lipinski definition) is 1. The van der Waals surface area contributed by atoms with E-state index in [1.807, 2.05) is 4.57 Å². The van der Waals surface area contributed by atoms with Crippen LogP contribution in [0, 0.1) is 0 Å². The molecule has 1 saturated heterocycles. The molecule has 6 heteroatoms. The molecule has 1 aromatic heterocycles. The minimum absolute atomic E-state index is 0.202. The van der Waals surface area contributed by atoms with Gasteiger partial charge in [0, 0.05) is 43.7 Å². The van der Waals surface area contributed by atoms with Crippen molar-refractivity contribution in [3.05, 3.63) is 20.3 Å². The molecular weight excluding hydrogens is 386 g/mol. The molecule has 1 fully saturated rings. The highest BCUT2D eigenvalue weighted by Crippen LogP contribution is 2.34. The molecule has 0 unspecified atom stereocenters. The molecule has 20 heavy (non-hydrogen) atoms. The standard InChI is InChI=1S/C14H19Br2N3O/c15-13-10-9-17-5-3-11(10)19(14(13)16)12(20)4-8-18-6-1-2-7-18/h17H,1-9H2. The van der Waals surface area contributed by atoms with Crippen LogP contribution in [0.1, 0.15) is 35.3 Å². The number of rotatable bonds is 3. The fourth-order valence-corrected chi connectivity index (χ4v) is 4.29. The first-order valence-electron chi connectivity index (χ1n) is 7.22. The van der Waals surface area contributed by atoms with Gasteiger partial charge in [-0.3, -0.25) is 9.36 Å². The minimum atomic E-state index is 0.202. The summed E-state index contributed by atoms with van der Waals surface area (Å²) in [4.78, 5) is 15.0. The third-order valence-corrected chi connectivity index (χ3v) is 6.33. The molecule has 110 valence electrons. The number of fused-ring (bicyclic) bond motifs is 1. The number of halogens is 2. The van der Waals surface area contributed by atoms with Crippen molar-refractivity contribution in [2.45, 2.75) is 32.2 Å². The van der Waals surface area contributed by atoms with Crippen molar-refractivity contribution >= 4 is 37.8 Å². The molecule has 0 spiro atoms. The Morgan fingerprint density at radius 2 is 2.00 bits per heavy atom.